The van der Waals surface area contributed by atoms with Crippen molar-refractivity contribution >= 4 is 31.3 Å². The zero-order chi connectivity index (χ0) is 42.6. The van der Waals surface area contributed by atoms with Crippen molar-refractivity contribution < 1.29 is 19.4 Å². The lowest BCUT2D eigenvalue weighted by Crippen LogP contribution is -2.23. The second kappa shape index (κ2) is 17.7. The third-order valence-corrected chi connectivity index (χ3v) is 14.2. The Hall–Kier alpha value is -5.80. The first kappa shape index (κ1) is 41.9. The fourth-order valence-electron chi connectivity index (χ4n) is 8.41. The van der Waals surface area contributed by atoms with E-state index >= 15 is 0 Å². The zero-order valence-corrected chi connectivity index (χ0v) is 36.6. The van der Waals surface area contributed by atoms with E-state index in [-0.39, 0.29) is 11.6 Å². The molecule has 10 rings (SSSR count). The first-order valence-electron chi connectivity index (χ1n) is 21.5. The number of anilines is 2. The van der Waals surface area contributed by atoms with Crippen LogP contribution >= 0.6 is 0 Å². The molecule has 14 nitrogen and oxygen atoms in total. The van der Waals surface area contributed by atoms with E-state index in [0.717, 1.165) is 73.8 Å². The molecule has 15 heteroatoms. The summed E-state index contributed by atoms with van der Waals surface area (Å²) in [7, 11) is -1.10. The van der Waals surface area contributed by atoms with Gasteiger partial charge in [-0.15, -0.1) is 0 Å². The van der Waals surface area contributed by atoms with Gasteiger partial charge in [-0.3, -0.25) is 19.3 Å². The zero-order valence-electron chi connectivity index (χ0n) is 35.6. The van der Waals surface area contributed by atoms with Crippen LogP contribution in [-0.2, 0) is 50.2 Å². The third kappa shape index (κ3) is 10.8. The molecule has 2 fully saturated rings. The van der Waals surface area contributed by atoms with Gasteiger partial charge in [0.05, 0.1) is 36.9 Å². The van der Waals surface area contributed by atoms with Crippen LogP contribution in [0.1, 0.15) is 93.1 Å². The van der Waals surface area contributed by atoms with Crippen molar-refractivity contribution in [2.45, 2.75) is 110 Å². The van der Waals surface area contributed by atoms with Crippen LogP contribution in [0.4, 0.5) is 11.4 Å². The highest BCUT2D eigenvalue weighted by molar-refractivity contribution is 6.76. The molecule has 2 aromatic carbocycles. The van der Waals surface area contributed by atoms with E-state index in [9.17, 15) is 14.7 Å². The number of benzene rings is 2. The van der Waals surface area contributed by atoms with Gasteiger partial charge in [0.2, 0.25) is 0 Å². The van der Waals surface area contributed by atoms with Crippen LogP contribution in [0.25, 0.3) is 0 Å². The predicted molar refractivity (Wildman–Crippen MR) is 237 cm³/mol. The number of aromatic nitrogens is 8. The molecular weight excluding hydrogens is 785 g/mol. The minimum absolute atomic E-state index is 0.159. The van der Waals surface area contributed by atoms with E-state index < -0.39 is 14.0 Å². The summed E-state index contributed by atoms with van der Waals surface area (Å²) in [6, 6.07) is 21.4. The number of ether oxygens (including phenoxy) is 1. The quantitative estimate of drug-likeness (QED) is 0.0704. The van der Waals surface area contributed by atoms with Gasteiger partial charge in [-0.1, -0.05) is 80.3 Å². The van der Waals surface area contributed by atoms with Crippen molar-refractivity contribution in [2.24, 2.45) is 10.8 Å². The molecule has 2 saturated carbocycles. The molecule has 320 valence electrons. The maximum atomic E-state index is 12.7. The van der Waals surface area contributed by atoms with Crippen LogP contribution in [0.5, 0.6) is 0 Å². The lowest BCUT2D eigenvalue weighted by atomic mass is 9.84. The number of carboxylic acid groups (broad SMARTS) is 1. The van der Waals surface area contributed by atoms with Crippen LogP contribution in [-0.4, -0.2) is 71.2 Å². The molecule has 4 heterocycles. The number of hydrogen-bond acceptors (Lipinski definition) is 8. The van der Waals surface area contributed by atoms with Crippen molar-refractivity contribution in [3.8, 4) is 0 Å². The molecular formula is C46H58N10O4Si. The number of H-pyrrole nitrogens is 1. The Bertz CT molecular complexity index is 2440. The number of nitrogens with zero attached hydrogens (tertiary/aromatic N) is 7. The molecule has 61 heavy (non-hydrogen) atoms. The Kier molecular flexibility index (Phi) is 12.1. The maximum Gasteiger partial charge on any atom is 0.356 e. The maximum absolute atomic E-state index is 12.7. The van der Waals surface area contributed by atoms with Gasteiger partial charge in [-0.05, 0) is 92.2 Å². The van der Waals surface area contributed by atoms with Gasteiger partial charge < -0.3 is 20.9 Å². The van der Waals surface area contributed by atoms with Crippen molar-refractivity contribution in [2.75, 3.05) is 17.7 Å². The number of carbonyl (C=O) groups is 2. The number of aromatic carboxylic acids is 1. The predicted octanol–water partition coefficient (Wildman–Crippen LogP) is 7.85. The van der Waals surface area contributed by atoms with E-state index in [1.165, 1.54) is 43.2 Å². The second-order valence-corrected chi connectivity index (χ2v) is 24.3. The van der Waals surface area contributed by atoms with Crippen molar-refractivity contribution in [3.63, 3.8) is 0 Å². The van der Waals surface area contributed by atoms with Crippen LogP contribution < -0.4 is 11.1 Å². The SMILES string of the molecule is C[Si](C)(C)CCOCn1nc(C(=O)O)c2c1CC1(CC2)CC1.Nc1cnn(Cc2ccccc2)c1.O=C(Nc1cnn(Cc2ccccc2)c1)c1n[nH]c2c1CCC1(CC1)C2. The number of amides is 1. The average molecular weight is 843 g/mol. The first-order valence-corrected chi connectivity index (χ1v) is 25.2. The molecule has 0 radical (unpaired) electrons. The molecule has 0 aliphatic heterocycles. The fourth-order valence-corrected chi connectivity index (χ4v) is 9.17. The smallest absolute Gasteiger partial charge is 0.356 e. The van der Waals surface area contributed by atoms with Gasteiger partial charge in [0.25, 0.3) is 5.91 Å². The van der Waals surface area contributed by atoms with Crippen LogP contribution in [0.3, 0.4) is 0 Å². The minimum Gasteiger partial charge on any atom is -0.476 e. The highest BCUT2D eigenvalue weighted by Crippen LogP contribution is 2.55. The summed E-state index contributed by atoms with van der Waals surface area (Å²) in [4.78, 5) is 24.1. The van der Waals surface area contributed by atoms with Gasteiger partial charge in [0.1, 0.15) is 6.73 Å². The second-order valence-electron chi connectivity index (χ2n) is 18.6. The monoisotopic (exact) mass is 842 g/mol. The molecule has 5 N–H and O–H groups in total. The molecule has 1 amide bonds. The molecule has 4 aliphatic rings. The van der Waals surface area contributed by atoms with Crippen molar-refractivity contribution in [3.05, 3.63) is 130 Å². The third-order valence-electron chi connectivity index (χ3n) is 12.5. The summed E-state index contributed by atoms with van der Waals surface area (Å²) in [5, 5.41) is 32.5. The number of carboxylic acids is 1. The number of rotatable bonds is 12. The van der Waals surface area contributed by atoms with Gasteiger partial charge in [0.15, 0.2) is 11.4 Å². The Morgan fingerprint density at radius 3 is 2.02 bits per heavy atom. The standard InChI is InChI=1S/C20H21N5O.C16H26N2O3Si.C10H11N3/c26-19(18-16-6-7-20(8-9-20)10-17(16)23-24-18)22-15-11-21-25(13-15)12-14-4-2-1-3-5-14;1-22(2,3)9-8-21-11-18-13-10-16(6-7-16)5-4-12(13)14(17-18)15(19)20;11-10-6-12-13(8-10)7-9-4-2-1-3-5-9/h1-5,11,13H,6-10,12H2,(H,22,26)(H,23,24);4-11H2,1-3H3,(H,19,20);1-6,8H,7,11H2. The molecule has 0 unspecified atom stereocenters. The molecule has 0 saturated heterocycles. The van der Waals surface area contributed by atoms with Gasteiger partial charge in [-0.25, -0.2) is 9.48 Å². The summed E-state index contributed by atoms with van der Waals surface area (Å²) in [5.41, 5.74) is 15.4. The average Bonchev–Trinajstić information content (AvgIpc) is 3.85. The lowest BCUT2D eigenvalue weighted by Gasteiger charge is -2.23. The topological polar surface area (TPSA) is 184 Å². The van der Waals surface area contributed by atoms with Crippen molar-refractivity contribution in [1.29, 1.82) is 0 Å². The van der Waals surface area contributed by atoms with Gasteiger partial charge >= 0.3 is 5.97 Å². The van der Waals surface area contributed by atoms with E-state index in [1.807, 2.05) is 62.8 Å². The van der Waals surface area contributed by atoms with E-state index in [0.29, 0.717) is 41.2 Å². The number of nitrogens with two attached hydrogens (primary N) is 1. The molecule has 0 bridgehead atoms. The number of fused-ring (bicyclic) bond motifs is 2. The molecule has 0 atom stereocenters. The van der Waals surface area contributed by atoms with E-state index in [2.05, 4.69) is 74.7 Å². The number of nitrogen functional groups attached to an aromatic ring is 1. The number of hydrogen-bond donors (Lipinski definition) is 4. The highest BCUT2D eigenvalue weighted by atomic mass is 28.3. The normalized spacial score (nSPS) is 16.4. The van der Waals surface area contributed by atoms with Crippen LogP contribution in [0, 0.1) is 10.8 Å². The lowest BCUT2D eigenvalue weighted by molar-refractivity contribution is 0.0667. The molecule has 4 aliphatic carbocycles. The summed E-state index contributed by atoms with van der Waals surface area (Å²) in [6.45, 7) is 9.55. The Labute approximate surface area is 357 Å². The number of carbonyl (C=O) groups excluding carboxylic acids is 1. The van der Waals surface area contributed by atoms with Gasteiger partial charge in [0, 0.05) is 49.6 Å². The largest absolute Gasteiger partial charge is 0.476 e. The summed E-state index contributed by atoms with van der Waals surface area (Å²) >= 11 is 0. The first-order chi connectivity index (χ1) is 29.3. The Balaban J connectivity index is 0.000000133. The number of aromatic amines is 1. The van der Waals surface area contributed by atoms with Crippen molar-refractivity contribution in [1.82, 2.24) is 39.5 Å². The van der Waals surface area contributed by atoms with Gasteiger partial charge in [-0.2, -0.15) is 20.4 Å². The number of nitrogens with one attached hydrogen (secondary N) is 2. The van der Waals surface area contributed by atoms with Crippen LogP contribution in [0.15, 0.2) is 85.5 Å². The molecule has 2 spiro atoms. The van der Waals surface area contributed by atoms with E-state index in [4.69, 9.17) is 10.5 Å². The van der Waals surface area contributed by atoms with Crippen LogP contribution in [0.2, 0.25) is 25.7 Å². The highest BCUT2D eigenvalue weighted by Gasteiger charge is 2.47. The Morgan fingerprint density at radius 2 is 1.43 bits per heavy atom. The Morgan fingerprint density at radius 1 is 0.820 bits per heavy atom. The summed E-state index contributed by atoms with van der Waals surface area (Å²) < 4.78 is 11.2. The fraction of sp³-hybridized carbons (Fsp3) is 0.435. The molecule has 4 aromatic heterocycles. The van der Waals surface area contributed by atoms with E-state index in [1.54, 1.807) is 12.4 Å². The summed E-state index contributed by atoms with van der Waals surface area (Å²) in [6.07, 6.45) is 18.3. The minimum atomic E-state index is -1.10. The molecule has 6 aromatic rings. The summed E-state index contributed by atoms with van der Waals surface area (Å²) in [5.74, 6) is -1.07.